The van der Waals surface area contributed by atoms with E-state index in [9.17, 15) is 8.42 Å². The summed E-state index contributed by atoms with van der Waals surface area (Å²) in [5, 5.41) is 0. The monoisotopic (exact) mass is 298 g/mol. The van der Waals surface area contributed by atoms with Crippen molar-refractivity contribution < 1.29 is 13.2 Å². The maximum atomic E-state index is 12.3. The Bertz CT molecular complexity index is 552. The topological polar surface area (TPSA) is 81.4 Å². The van der Waals surface area contributed by atoms with E-state index in [1.54, 1.807) is 18.2 Å². The fourth-order valence-corrected chi connectivity index (χ4v) is 3.87. The van der Waals surface area contributed by atoms with Gasteiger partial charge < -0.3 is 10.5 Å². The molecule has 0 atom stereocenters. The maximum absolute atomic E-state index is 12.3. The van der Waals surface area contributed by atoms with Gasteiger partial charge in [-0.15, -0.1) is 0 Å². The highest BCUT2D eigenvalue weighted by Crippen LogP contribution is 2.24. The van der Waals surface area contributed by atoms with Crippen LogP contribution in [-0.2, 0) is 16.6 Å². The van der Waals surface area contributed by atoms with E-state index in [2.05, 4.69) is 4.72 Å². The summed E-state index contributed by atoms with van der Waals surface area (Å²) in [6.45, 7) is 2.66. The van der Waals surface area contributed by atoms with Crippen LogP contribution in [0.4, 0.5) is 0 Å². The molecule has 2 rings (SSSR count). The fraction of sp³-hybridized carbons (Fsp3) is 0.571. The van der Waals surface area contributed by atoms with Crippen LogP contribution in [0.5, 0.6) is 5.75 Å². The number of sulfonamides is 1. The van der Waals surface area contributed by atoms with E-state index in [-0.39, 0.29) is 17.5 Å². The number of benzene rings is 1. The minimum atomic E-state index is -3.47. The second-order valence-electron chi connectivity index (χ2n) is 5.01. The second-order valence-corrected chi connectivity index (χ2v) is 6.72. The lowest BCUT2D eigenvalue weighted by molar-refractivity contribution is 0.336. The van der Waals surface area contributed by atoms with Gasteiger partial charge in [0.25, 0.3) is 0 Å². The molecule has 0 spiro atoms. The van der Waals surface area contributed by atoms with Crippen molar-refractivity contribution in [2.24, 2.45) is 5.73 Å². The highest BCUT2D eigenvalue weighted by atomic mass is 32.2. The van der Waals surface area contributed by atoms with Crippen molar-refractivity contribution in [1.82, 2.24) is 4.72 Å². The number of rotatable bonds is 6. The lowest BCUT2D eigenvalue weighted by Crippen LogP contribution is -2.32. The Morgan fingerprint density at radius 1 is 1.35 bits per heavy atom. The van der Waals surface area contributed by atoms with Gasteiger partial charge in [-0.05, 0) is 38.0 Å². The van der Waals surface area contributed by atoms with Gasteiger partial charge in [-0.2, -0.15) is 0 Å². The number of nitrogens with one attached hydrogen (secondary N) is 1. The molecular weight excluding hydrogens is 276 g/mol. The van der Waals surface area contributed by atoms with Crippen LogP contribution in [0.25, 0.3) is 0 Å². The van der Waals surface area contributed by atoms with Gasteiger partial charge >= 0.3 is 0 Å². The van der Waals surface area contributed by atoms with Crippen molar-refractivity contribution in [3.8, 4) is 5.75 Å². The largest absolute Gasteiger partial charge is 0.494 e. The molecule has 20 heavy (non-hydrogen) atoms. The molecule has 0 heterocycles. The van der Waals surface area contributed by atoms with E-state index < -0.39 is 10.0 Å². The first kappa shape index (κ1) is 15.3. The van der Waals surface area contributed by atoms with Crippen LogP contribution in [-0.4, -0.2) is 21.1 Å². The average Bonchev–Trinajstić information content (AvgIpc) is 2.91. The van der Waals surface area contributed by atoms with Gasteiger partial charge in [0.05, 0.1) is 11.5 Å². The summed E-state index contributed by atoms with van der Waals surface area (Å²) in [6.07, 6.45) is 4.01. The Kier molecular flexibility index (Phi) is 5.01. The molecule has 6 heteroatoms. The van der Waals surface area contributed by atoms with E-state index in [1.165, 1.54) is 0 Å². The molecule has 112 valence electrons. The van der Waals surface area contributed by atoms with Crippen molar-refractivity contribution in [1.29, 1.82) is 0 Å². The molecule has 1 aliphatic rings. The molecule has 1 fully saturated rings. The van der Waals surface area contributed by atoms with Crippen LogP contribution < -0.4 is 15.2 Å². The standard InChI is InChI=1S/C14H22N2O3S/c1-2-19-14-8-7-13(9-11(14)10-15)20(17,18)16-12-5-3-4-6-12/h7-9,12,16H,2-6,10,15H2,1H3. The molecular formula is C14H22N2O3S. The molecule has 5 nitrogen and oxygen atoms in total. The summed E-state index contributed by atoms with van der Waals surface area (Å²) in [4.78, 5) is 0.258. The summed E-state index contributed by atoms with van der Waals surface area (Å²) in [5.74, 6) is 0.648. The summed E-state index contributed by atoms with van der Waals surface area (Å²) >= 11 is 0. The van der Waals surface area contributed by atoms with Crippen LogP contribution in [0.2, 0.25) is 0 Å². The highest BCUT2D eigenvalue weighted by Gasteiger charge is 2.23. The molecule has 0 aromatic heterocycles. The van der Waals surface area contributed by atoms with E-state index in [4.69, 9.17) is 10.5 Å². The van der Waals surface area contributed by atoms with Crippen LogP contribution in [0.3, 0.4) is 0 Å². The van der Waals surface area contributed by atoms with Crippen molar-refractivity contribution in [3.63, 3.8) is 0 Å². The minimum Gasteiger partial charge on any atom is -0.494 e. The minimum absolute atomic E-state index is 0.0629. The lowest BCUT2D eigenvalue weighted by Gasteiger charge is -2.14. The van der Waals surface area contributed by atoms with Crippen molar-refractivity contribution >= 4 is 10.0 Å². The van der Waals surface area contributed by atoms with Gasteiger partial charge in [-0.1, -0.05) is 12.8 Å². The molecule has 0 aliphatic heterocycles. The molecule has 1 saturated carbocycles. The SMILES string of the molecule is CCOc1ccc(S(=O)(=O)NC2CCCC2)cc1CN. The third-order valence-corrected chi connectivity index (χ3v) is 5.06. The molecule has 0 bridgehead atoms. The van der Waals surface area contributed by atoms with Gasteiger partial charge in [0.1, 0.15) is 5.75 Å². The van der Waals surface area contributed by atoms with E-state index in [0.717, 1.165) is 25.7 Å². The predicted octanol–water partition coefficient (Wildman–Crippen LogP) is 1.76. The van der Waals surface area contributed by atoms with Gasteiger partial charge in [0, 0.05) is 18.2 Å². The van der Waals surface area contributed by atoms with Gasteiger partial charge in [-0.25, -0.2) is 13.1 Å². The molecule has 1 aliphatic carbocycles. The zero-order valence-corrected chi connectivity index (χ0v) is 12.6. The number of hydrogen-bond donors (Lipinski definition) is 2. The van der Waals surface area contributed by atoms with Gasteiger partial charge in [0.2, 0.25) is 10.0 Å². The first-order valence-electron chi connectivity index (χ1n) is 7.05. The fourth-order valence-electron chi connectivity index (χ4n) is 2.51. The molecule has 1 aromatic carbocycles. The van der Waals surface area contributed by atoms with E-state index in [1.807, 2.05) is 6.92 Å². The van der Waals surface area contributed by atoms with Crippen LogP contribution >= 0.6 is 0 Å². The van der Waals surface area contributed by atoms with Gasteiger partial charge in [0.15, 0.2) is 0 Å². The molecule has 0 radical (unpaired) electrons. The normalized spacial score (nSPS) is 16.5. The average molecular weight is 298 g/mol. The Balaban J connectivity index is 2.22. The van der Waals surface area contributed by atoms with Crippen molar-refractivity contribution in [2.45, 2.75) is 50.1 Å². The Morgan fingerprint density at radius 3 is 2.65 bits per heavy atom. The Hall–Kier alpha value is -1.11. The molecule has 0 amide bonds. The maximum Gasteiger partial charge on any atom is 0.240 e. The Labute approximate surface area is 120 Å². The summed E-state index contributed by atoms with van der Waals surface area (Å²) in [7, 11) is -3.47. The third-order valence-electron chi connectivity index (χ3n) is 3.54. The molecule has 0 unspecified atom stereocenters. The first-order chi connectivity index (χ1) is 9.56. The van der Waals surface area contributed by atoms with Crippen molar-refractivity contribution in [3.05, 3.63) is 23.8 Å². The highest BCUT2D eigenvalue weighted by molar-refractivity contribution is 7.89. The van der Waals surface area contributed by atoms with Crippen LogP contribution in [0.1, 0.15) is 38.2 Å². The van der Waals surface area contributed by atoms with Crippen molar-refractivity contribution in [2.75, 3.05) is 6.61 Å². The summed E-state index contributed by atoms with van der Waals surface area (Å²) in [6, 6.07) is 4.91. The second kappa shape index (κ2) is 6.56. The van der Waals surface area contributed by atoms with Gasteiger partial charge in [-0.3, -0.25) is 0 Å². The number of nitrogens with two attached hydrogens (primary N) is 1. The Morgan fingerprint density at radius 2 is 2.05 bits per heavy atom. The smallest absolute Gasteiger partial charge is 0.240 e. The number of ether oxygens (including phenoxy) is 1. The van der Waals surface area contributed by atoms with Crippen LogP contribution in [0, 0.1) is 0 Å². The molecule has 3 N–H and O–H groups in total. The number of hydrogen-bond acceptors (Lipinski definition) is 4. The zero-order valence-electron chi connectivity index (χ0n) is 11.8. The zero-order chi connectivity index (χ0) is 14.6. The quantitative estimate of drug-likeness (QED) is 0.838. The summed E-state index contributed by atoms with van der Waals surface area (Å²) < 4.78 is 32.9. The molecule has 0 saturated heterocycles. The summed E-state index contributed by atoms with van der Waals surface area (Å²) in [5.41, 5.74) is 6.37. The first-order valence-corrected chi connectivity index (χ1v) is 8.53. The van der Waals surface area contributed by atoms with Crippen LogP contribution in [0.15, 0.2) is 23.1 Å². The van der Waals surface area contributed by atoms with E-state index >= 15 is 0 Å². The van der Waals surface area contributed by atoms with E-state index in [0.29, 0.717) is 17.9 Å². The lowest BCUT2D eigenvalue weighted by atomic mass is 10.2. The predicted molar refractivity (Wildman–Crippen MR) is 78.1 cm³/mol. The third kappa shape index (κ3) is 3.50. The molecule has 1 aromatic rings.